The third kappa shape index (κ3) is 3.60. The molecule has 1 aromatic carbocycles. The maximum atomic E-state index is 11.6. The minimum atomic E-state index is -0.335. The van der Waals surface area contributed by atoms with Crippen molar-refractivity contribution in [3.05, 3.63) is 35.4 Å². The topological polar surface area (TPSA) is 47.6 Å². The van der Waals surface area contributed by atoms with Gasteiger partial charge in [0, 0.05) is 0 Å². The van der Waals surface area contributed by atoms with Crippen LogP contribution in [-0.4, -0.2) is 19.7 Å². The van der Waals surface area contributed by atoms with Crippen LogP contribution in [0.2, 0.25) is 0 Å². The van der Waals surface area contributed by atoms with Gasteiger partial charge in [-0.05, 0) is 31.5 Å². The molecule has 0 aliphatic carbocycles. The molecule has 0 aromatic heterocycles. The third-order valence-electron chi connectivity index (χ3n) is 2.12. The van der Waals surface area contributed by atoms with Crippen molar-refractivity contribution >= 4 is 17.7 Å². The molecule has 0 saturated carbocycles. The Morgan fingerprint density at radius 1 is 1.47 bits per heavy atom. The molecule has 17 heavy (non-hydrogen) atoms. The first kappa shape index (κ1) is 13.3. The predicted octanol–water partition coefficient (Wildman–Crippen LogP) is 2.87. The summed E-state index contributed by atoms with van der Waals surface area (Å²) in [6, 6.07) is 5.28. The van der Waals surface area contributed by atoms with Crippen LogP contribution in [0.5, 0.6) is 0 Å². The highest BCUT2D eigenvalue weighted by atomic mass is 16.6. The molecule has 0 fully saturated rings. The number of nitrogens with one attached hydrogen (secondary N) is 1. The number of benzene rings is 1. The van der Waals surface area contributed by atoms with Crippen LogP contribution >= 0.6 is 0 Å². The molecule has 0 aliphatic heterocycles. The lowest BCUT2D eigenvalue weighted by molar-refractivity contribution is 0.0526. The Kier molecular flexibility index (Phi) is 5.23. The van der Waals surface area contributed by atoms with Crippen LogP contribution in [0.3, 0.4) is 0 Å². The van der Waals surface area contributed by atoms with Gasteiger partial charge in [-0.3, -0.25) is 10.3 Å². The second-order valence-corrected chi connectivity index (χ2v) is 3.33. The van der Waals surface area contributed by atoms with Crippen LogP contribution in [0.1, 0.15) is 29.8 Å². The number of ether oxygens (including phenoxy) is 1. The van der Waals surface area contributed by atoms with Crippen LogP contribution in [-0.2, 0) is 9.57 Å². The van der Waals surface area contributed by atoms with E-state index in [1.807, 2.05) is 25.1 Å². The molecule has 1 N–H and O–H groups in total. The summed E-state index contributed by atoms with van der Waals surface area (Å²) in [6.45, 7) is 4.07. The summed E-state index contributed by atoms with van der Waals surface area (Å²) in [7, 11) is 1.52. The van der Waals surface area contributed by atoms with Crippen molar-refractivity contribution in [2.75, 3.05) is 19.2 Å². The van der Waals surface area contributed by atoms with Gasteiger partial charge in [0.2, 0.25) is 0 Å². The zero-order chi connectivity index (χ0) is 12.7. The highest BCUT2D eigenvalue weighted by Gasteiger charge is 2.09. The maximum absolute atomic E-state index is 11.6. The molecule has 0 radical (unpaired) electrons. The first-order valence-corrected chi connectivity index (χ1v) is 5.45. The molecule has 1 rings (SSSR count). The lowest BCUT2D eigenvalue weighted by Gasteiger charge is -2.09. The smallest absolute Gasteiger partial charge is 0.338 e. The van der Waals surface area contributed by atoms with Crippen LogP contribution in [0.25, 0.3) is 6.08 Å². The standard InChI is InChI=1S/C13H17NO3/c1-4-6-10-7-8-11(13(15)17-5-2)9-12(10)14-16-3/h4,6-9,14H,5H2,1-3H3/b6-4-. The van der Waals surface area contributed by atoms with Gasteiger partial charge in [0.05, 0.1) is 25.0 Å². The summed E-state index contributed by atoms with van der Waals surface area (Å²) in [5.74, 6) is -0.335. The summed E-state index contributed by atoms with van der Waals surface area (Å²) in [6.07, 6.45) is 3.84. The van der Waals surface area contributed by atoms with Crippen molar-refractivity contribution in [1.82, 2.24) is 0 Å². The highest BCUT2D eigenvalue weighted by molar-refractivity contribution is 5.91. The van der Waals surface area contributed by atoms with Crippen molar-refractivity contribution < 1.29 is 14.4 Å². The van der Waals surface area contributed by atoms with Gasteiger partial charge in [-0.2, -0.15) is 0 Å². The maximum Gasteiger partial charge on any atom is 0.338 e. The largest absolute Gasteiger partial charge is 0.462 e. The molecular formula is C13H17NO3. The molecule has 4 nitrogen and oxygen atoms in total. The van der Waals surface area contributed by atoms with E-state index in [1.165, 1.54) is 7.11 Å². The van der Waals surface area contributed by atoms with E-state index in [2.05, 4.69) is 5.48 Å². The molecule has 4 heteroatoms. The molecule has 0 bridgehead atoms. The van der Waals surface area contributed by atoms with Crippen molar-refractivity contribution in [3.8, 4) is 0 Å². The minimum Gasteiger partial charge on any atom is -0.462 e. The van der Waals surface area contributed by atoms with Gasteiger partial charge in [-0.1, -0.05) is 18.2 Å². The van der Waals surface area contributed by atoms with Gasteiger partial charge in [0.15, 0.2) is 0 Å². The van der Waals surface area contributed by atoms with E-state index in [-0.39, 0.29) is 5.97 Å². The SMILES string of the molecule is C/C=C\c1ccc(C(=O)OCC)cc1NOC. The zero-order valence-corrected chi connectivity index (χ0v) is 10.3. The molecule has 0 heterocycles. The molecule has 92 valence electrons. The van der Waals surface area contributed by atoms with E-state index in [4.69, 9.17) is 9.57 Å². The Hall–Kier alpha value is -1.81. The quantitative estimate of drug-likeness (QED) is 0.629. The molecule has 0 saturated heterocycles. The fourth-order valence-electron chi connectivity index (χ4n) is 1.42. The Bertz CT molecular complexity index is 413. The summed E-state index contributed by atoms with van der Waals surface area (Å²) < 4.78 is 4.94. The molecule has 0 unspecified atom stereocenters. The van der Waals surface area contributed by atoms with Crippen LogP contribution in [0, 0.1) is 0 Å². The summed E-state index contributed by atoms with van der Waals surface area (Å²) >= 11 is 0. The van der Waals surface area contributed by atoms with Crippen molar-refractivity contribution in [2.24, 2.45) is 0 Å². The lowest BCUT2D eigenvalue weighted by atomic mass is 10.1. The number of carbonyl (C=O) groups is 1. The normalized spacial score (nSPS) is 10.5. The number of carbonyl (C=O) groups excluding carboxylic acids is 1. The summed E-state index contributed by atoms with van der Waals surface area (Å²) in [5, 5.41) is 0. The minimum absolute atomic E-state index is 0.335. The van der Waals surface area contributed by atoms with E-state index < -0.39 is 0 Å². The van der Waals surface area contributed by atoms with Gasteiger partial charge in [-0.25, -0.2) is 4.79 Å². The Morgan fingerprint density at radius 3 is 2.82 bits per heavy atom. The summed E-state index contributed by atoms with van der Waals surface area (Å²) in [5.41, 5.74) is 4.92. The average Bonchev–Trinajstić information content (AvgIpc) is 2.32. The number of anilines is 1. The van der Waals surface area contributed by atoms with Gasteiger partial charge in [-0.15, -0.1) is 0 Å². The van der Waals surface area contributed by atoms with Crippen LogP contribution < -0.4 is 5.48 Å². The van der Waals surface area contributed by atoms with E-state index in [1.54, 1.807) is 19.1 Å². The molecule has 0 atom stereocenters. The van der Waals surface area contributed by atoms with E-state index in [0.717, 1.165) is 11.3 Å². The van der Waals surface area contributed by atoms with E-state index in [9.17, 15) is 4.79 Å². The van der Waals surface area contributed by atoms with Gasteiger partial charge >= 0.3 is 5.97 Å². The molecule has 0 aliphatic rings. The summed E-state index contributed by atoms with van der Waals surface area (Å²) in [4.78, 5) is 16.4. The number of allylic oxidation sites excluding steroid dienone is 1. The molecular weight excluding hydrogens is 218 g/mol. The Balaban J connectivity index is 3.04. The van der Waals surface area contributed by atoms with Crippen molar-refractivity contribution in [2.45, 2.75) is 13.8 Å². The number of rotatable bonds is 5. The average molecular weight is 235 g/mol. The second kappa shape index (κ2) is 6.70. The first-order chi connectivity index (χ1) is 8.22. The fourth-order valence-corrected chi connectivity index (χ4v) is 1.42. The number of esters is 1. The van der Waals surface area contributed by atoms with Crippen LogP contribution in [0.15, 0.2) is 24.3 Å². The lowest BCUT2D eigenvalue weighted by Crippen LogP contribution is -2.06. The predicted molar refractivity (Wildman–Crippen MR) is 67.7 cm³/mol. The molecule has 1 aromatic rings. The second-order valence-electron chi connectivity index (χ2n) is 3.33. The number of hydrogen-bond acceptors (Lipinski definition) is 4. The zero-order valence-electron chi connectivity index (χ0n) is 10.3. The Morgan fingerprint density at radius 2 is 2.24 bits per heavy atom. The number of hydrogen-bond donors (Lipinski definition) is 1. The Labute approximate surface area is 101 Å². The van der Waals surface area contributed by atoms with Crippen molar-refractivity contribution in [3.63, 3.8) is 0 Å². The highest BCUT2D eigenvalue weighted by Crippen LogP contribution is 2.20. The first-order valence-electron chi connectivity index (χ1n) is 5.45. The monoisotopic (exact) mass is 235 g/mol. The fraction of sp³-hybridized carbons (Fsp3) is 0.308. The van der Waals surface area contributed by atoms with Gasteiger partial charge in [0.25, 0.3) is 0 Å². The van der Waals surface area contributed by atoms with Crippen LogP contribution in [0.4, 0.5) is 5.69 Å². The van der Waals surface area contributed by atoms with Gasteiger partial charge < -0.3 is 4.74 Å². The molecule has 0 spiro atoms. The van der Waals surface area contributed by atoms with E-state index in [0.29, 0.717) is 12.2 Å². The molecule has 0 amide bonds. The van der Waals surface area contributed by atoms with Gasteiger partial charge in [0.1, 0.15) is 0 Å². The van der Waals surface area contributed by atoms with Crippen molar-refractivity contribution in [1.29, 1.82) is 0 Å². The van der Waals surface area contributed by atoms with E-state index >= 15 is 0 Å². The third-order valence-corrected chi connectivity index (χ3v) is 2.12.